The molecule has 0 aromatic rings. The van der Waals surface area contributed by atoms with E-state index in [4.69, 9.17) is 5.73 Å². The largest absolute Gasteiger partial charge is 0.330 e. The molecule has 11 heavy (non-hydrogen) atoms. The van der Waals surface area contributed by atoms with E-state index in [1.165, 1.54) is 30.9 Å². The van der Waals surface area contributed by atoms with Crippen LogP contribution in [-0.2, 0) is 0 Å². The first kappa shape index (κ1) is 9.36. The third-order valence-electron chi connectivity index (χ3n) is 1.97. The molecule has 0 radical (unpaired) electrons. The van der Waals surface area contributed by atoms with E-state index in [9.17, 15) is 0 Å². The van der Waals surface area contributed by atoms with E-state index in [1.54, 1.807) is 0 Å². The highest BCUT2D eigenvalue weighted by molar-refractivity contribution is 7.99. The Balaban J connectivity index is 1.86. The van der Waals surface area contributed by atoms with Crippen LogP contribution < -0.4 is 11.1 Å². The number of nitrogens with two attached hydrogens (primary N) is 1. The second-order valence-corrected chi connectivity index (χ2v) is 4.16. The van der Waals surface area contributed by atoms with Gasteiger partial charge in [0.25, 0.3) is 0 Å². The Hall–Kier alpha value is 0.270. The summed E-state index contributed by atoms with van der Waals surface area (Å²) >= 11 is 2.03. The predicted octanol–water partition coefficient (Wildman–Crippen LogP) is 0.820. The van der Waals surface area contributed by atoms with Crippen LogP contribution in [0.25, 0.3) is 0 Å². The Kier molecular flexibility index (Phi) is 4.99. The first-order valence-electron chi connectivity index (χ1n) is 4.44. The number of hydrogen-bond donors (Lipinski definition) is 2. The average Bonchev–Trinajstić information content (AvgIpc) is 2.50. The quantitative estimate of drug-likeness (QED) is 0.606. The van der Waals surface area contributed by atoms with Gasteiger partial charge in [-0.25, -0.2) is 0 Å². The monoisotopic (exact) mass is 174 g/mol. The molecular formula is C8H18N2S. The van der Waals surface area contributed by atoms with Crippen LogP contribution in [0.4, 0.5) is 0 Å². The topological polar surface area (TPSA) is 38.0 Å². The van der Waals surface area contributed by atoms with Gasteiger partial charge in [0.05, 0.1) is 0 Å². The molecule has 0 aromatic carbocycles. The lowest BCUT2D eigenvalue weighted by molar-refractivity contribution is 0.673. The van der Waals surface area contributed by atoms with Crippen molar-refractivity contribution in [1.29, 1.82) is 0 Å². The summed E-state index contributed by atoms with van der Waals surface area (Å²) in [5, 5.41) is 3.48. The molecule has 1 saturated heterocycles. The normalized spacial score (nSPS) is 24.3. The van der Waals surface area contributed by atoms with Crippen molar-refractivity contribution in [2.45, 2.75) is 25.3 Å². The fourth-order valence-corrected chi connectivity index (χ4v) is 2.42. The maximum atomic E-state index is 5.39. The first-order chi connectivity index (χ1) is 5.43. The molecule has 1 aliphatic heterocycles. The summed E-state index contributed by atoms with van der Waals surface area (Å²) in [7, 11) is 0. The molecule has 0 amide bonds. The van der Waals surface area contributed by atoms with E-state index in [2.05, 4.69) is 5.32 Å². The zero-order valence-electron chi connectivity index (χ0n) is 7.01. The first-order valence-corrected chi connectivity index (χ1v) is 5.60. The molecule has 1 fully saturated rings. The Morgan fingerprint density at radius 2 is 2.45 bits per heavy atom. The van der Waals surface area contributed by atoms with Gasteiger partial charge in [-0.2, -0.15) is 11.8 Å². The number of thioether (sulfide) groups is 1. The Morgan fingerprint density at radius 1 is 1.55 bits per heavy atom. The number of hydrogen-bond acceptors (Lipinski definition) is 3. The zero-order chi connectivity index (χ0) is 7.94. The molecule has 1 unspecified atom stereocenters. The SMILES string of the molecule is NCCCSCC1CCCN1. The summed E-state index contributed by atoms with van der Waals surface area (Å²) in [6.45, 7) is 2.06. The van der Waals surface area contributed by atoms with Crippen molar-refractivity contribution >= 4 is 11.8 Å². The summed E-state index contributed by atoms with van der Waals surface area (Å²) in [6.07, 6.45) is 3.90. The van der Waals surface area contributed by atoms with E-state index < -0.39 is 0 Å². The Morgan fingerprint density at radius 3 is 3.09 bits per heavy atom. The maximum absolute atomic E-state index is 5.39. The van der Waals surface area contributed by atoms with Gasteiger partial charge < -0.3 is 11.1 Å². The van der Waals surface area contributed by atoms with E-state index in [0.29, 0.717) is 0 Å². The molecule has 2 nitrogen and oxygen atoms in total. The average molecular weight is 174 g/mol. The molecule has 0 spiro atoms. The van der Waals surface area contributed by atoms with Crippen molar-refractivity contribution < 1.29 is 0 Å². The molecule has 0 bridgehead atoms. The zero-order valence-corrected chi connectivity index (χ0v) is 7.83. The van der Waals surface area contributed by atoms with Gasteiger partial charge in [0.15, 0.2) is 0 Å². The van der Waals surface area contributed by atoms with Crippen molar-refractivity contribution in [1.82, 2.24) is 5.32 Å². The van der Waals surface area contributed by atoms with Crippen LogP contribution in [0, 0.1) is 0 Å². The van der Waals surface area contributed by atoms with Crippen molar-refractivity contribution in [3.05, 3.63) is 0 Å². The smallest absolute Gasteiger partial charge is 0.0158 e. The molecule has 3 heteroatoms. The molecule has 0 aliphatic carbocycles. The molecule has 66 valence electrons. The summed E-state index contributed by atoms with van der Waals surface area (Å²) in [5.74, 6) is 2.51. The van der Waals surface area contributed by atoms with E-state index in [1.807, 2.05) is 11.8 Å². The van der Waals surface area contributed by atoms with Gasteiger partial charge in [0.1, 0.15) is 0 Å². The van der Waals surface area contributed by atoms with E-state index >= 15 is 0 Å². The van der Waals surface area contributed by atoms with Gasteiger partial charge in [0, 0.05) is 11.8 Å². The lowest BCUT2D eigenvalue weighted by atomic mass is 10.3. The highest BCUT2D eigenvalue weighted by atomic mass is 32.2. The highest BCUT2D eigenvalue weighted by Crippen LogP contribution is 2.12. The minimum absolute atomic E-state index is 0.790. The van der Waals surface area contributed by atoms with Crippen LogP contribution in [0.2, 0.25) is 0 Å². The molecular weight excluding hydrogens is 156 g/mol. The molecule has 3 N–H and O–H groups in total. The van der Waals surface area contributed by atoms with Crippen LogP contribution >= 0.6 is 11.8 Å². The van der Waals surface area contributed by atoms with Crippen LogP contribution in [-0.4, -0.2) is 30.6 Å². The molecule has 1 heterocycles. The lowest BCUT2D eigenvalue weighted by Crippen LogP contribution is -2.23. The Bertz CT molecular complexity index is 92.1. The lowest BCUT2D eigenvalue weighted by Gasteiger charge is -2.08. The van der Waals surface area contributed by atoms with Crippen molar-refractivity contribution in [3.63, 3.8) is 0 Å². The third-order valence-corrected chi connectivity index (χ3v) is 3.19. The summed E-state index contributed by atoms with van der Waals surface area (Å²) in [6, 6.07) is 0.790. The third kappa shape index (κ3) is 3.99. The summed E-state index contributed by atoms with van der Waals surface area (Å²) in [4.78, 5) is 0. The molecule has 1 rings (SSSR count). The number of nitrogens with one attached hydrogen (secondary N) is 1. The summed E-state index contributed by atoms with van der Waals surface area (Å²) < 4.78 is 0. The standard InChI is InChI=1S/C8H18N2S/c9-4-2-6-11-7-8-3-1-5-10-8/h8,10H,1-7,9H2. The van der Waals surface area contributed by atoms with Crippen LogP contribution in [0.1, 0.15) is 19.3 Å². The molecule has 0 aromatic heterocycles. The van der Waals surface area contributed by atoms with Gasteiger partial charge in [-0.05, 0) is 38.1 Å². The van der Waals surface area contributed by atoms with Crippen molar-refractivity contribution in [2.24, 2.45) is 5.73 Å². The van der Waals surface area contributed by atoms with Crippen LogP contribution in [0.3, 0.4) is 0 Å². The Labute approximate surface area is 73.3 Å². The predicted molar refractivity (Wildman–Crippen MR) is 52.0 cm³/mol. The van der Waals surface area contributed by atoms with Gasteiger partial charge in [-0.3, -0.25) is 0 Å². The van der Waals surface area contributed by atoms with Crippen LogP contribution in [0.15, 0.2) is 0 Å². The minimum Gasteiger partial charge on any atom is -0.330 e. The minimum atomic E-state index is 0.790. The van der Waals surface area contributed by atoms with E-state index in [-0.39, 0.29) is 0 Å². The van der Waals surface area contributed by atoms with Crippen LogP contribution in [0.5, 0.6) is 0 Å². The van der Waals surface area contributed by atoms with Crippen molar-refractivity contribution in [2.75, 3.05) is 24.6 Å². The highest BCUT2D eigenvalue weighted by Gasteiger charge is 2.12. The molecule has 1 aliphatic rings. The molecule has 1 atom stereocenters. The fraction of sp³-hybridized carbons (Fsp3) is 1.00. The van der Waals surface area contributed by atoms with Crippen molar-refractivity contribution in [3.8, 4) is 0 Å². The van der Waals surface area contributed by atoms with Gasteiger partial charge in [0.2, 0.25) is 0 Å². The van der Waals surface area contributed by atoms with E-state index in [0.717, 1.165) is 19.0 Å². The maximum Gasteiger partial charge on any atom is 0.0158 e. The second-order valence-electron chi connectivity index (χ2n) is 3.01. The van der Waals surface area contributed by atoms with Gasteiger partial charge >= 0.3 is 0 Å². The fourth-order valence-electron chi connectivity index (χ4n) is 1.31. The second kappa shape index (κ2) is 5.86. The molecule has 0 saturated carbocycles. The van der Waals surface area contributed by atoms with Gasteiger partial charge in [-0.1, -0.05) is 0 Å². The number of rotatable bonds is 5. The van der Waals surface area contributed by atoms with Gasteiger partial charge in [-0.15, -0.1) is 0 Å². The summed E-state index contributed by atoms with van der Waals surface area (Å²) in [5.41, 5.74) is 5.39.